The molecule has 1 fully saturated rings. The van der Waals surface area contributed by atoms with Crippen molar-refractivity contribution in [2.45, 2.75) is 13.0 Å². The van der Waals surface area contributed by atoms with E-state index in [-0.39, 0.29) is 30.5 Å². The SMILES string of the molecule is C[C@@H](NC(=O)/C=C/c1sc2ccccc2c1Cl)C(=O)N1CCS(=O)(=O)CC1. The molecule has 0 saturated carbocycles. The Kier molecular flexibility index (Phi) is 5.88. The van der Waals surface area contributed by atoms with Crippen LogP contribution in [0.3, 0.4) is 0 Å². The number of fused-ring (bicyclic) bond motifs is 1. The molecule has 1 aromatic heterocycles. The Labute approximate surface area is 166 Å². The summed E-state index contributed by atoms with van der Waals surface area (Å²) in [6.07, 6.45) is 2.98. The van der Waals surface area contributed by atoms with Crippen molar-refractivity contribution in [2.75, 3.05) is 24.6 Å². The highest BCUT2D eigenvalue weighted by Gasteiger charge is 2.28. The molecule has 27 heavy (non-hydrogen) atoms. The summed E-state index contributed by atoms with van der Waals surface area (Å²) in [6, 6.07) is 6.98. The molecule has 1 N–H and O–H groups in total. The minimum absolute atomic E-state index is 0.0380. The van der Waals surface area contributed by atoms with Gasteiger partial charge in [-0.1, -0.05) is 29.8 Å². The Morgan fingerprint density at radius 1 is 1.26 bits per heavy atom. The third-order valence-electron chi connectivity index (χ3n) is 4.33. The standard InChI is InChI=1S/C18H19ClN2O4S2/c1-12(18(23)21-8-10-27(24,25)11-9-21)20-16(22)7-6-15-17(19)13-4-2-3-5-14(13)26-15/h2-7,12H,8-11H2,1H3,(H,20,22)/b7-6+/t12-/m1/s1. The number of nitrogens with one attached hydrogen (secondary N) is 1. The molecule has 0 unspecified atom stereocenters. The summed E-state index contributed by atoms with van der Waals surface area (Å²) in [5, 5.41) is 4.15. The van der Waals surface area contributed by atoms with Gasteiger partial charge in [0.15, 0.2) is 9.84 Å². The van der Waals surface area contributed by atoms with E-state index in [4.69, 9.17) is 11.6 Å². The van der Waals surface area contributed by atoms with E-state index in [1.165, 1.54) is 22.3 Å². The van der Waals surface area contributed by atoms with Gasteiger partial charge in [-0.3, -0.25) is 9.59 Å². The maximum Gasteiger partial charge on any atom is 0.244 e. The predicted molar refractivity (Wildman–Crippen MR) is 109 cm³/mol. The zero-order valence-corrected chi connectivity index (χ0v) is 17.0. The number of rotatable bonds is 4. The van der Waals surface area contributed by atoms with Gasteiger partial charge >= 0.3 is 0 Å². The number of benzene rings is 1. The van der Waals surface area contributed by atoms with Crippen LogP contribution >= 0.6 is 22.9 Å². The fraction of sp³-hybridized carbons (Fsp3) is 0.333. The molecule has 0 bridgehead atoms. The monoisotopic (exact) mass is 426 g/mol. The van der Waals surface area contributed by atoms with Crippen LogP contribution in [0.2, 0.25) is 5.02 Å². The summed E-state index contributed by atoms with van der Waals surface area (Å²) >= 11 is 7.82. The molecule has 2 aromatic rings. The molecule has 0 aliphatic carbocycles. The Morgan fingerprint density at radius 3 is 2.59 bits per heavy atom. The van der Waals surface area contributed by atoms with Crippen LogP contribution in [0.25, 0.3) is 16.2 Å². The number of hydrogen-bond donors (Lipinski definition) is 1. The van der Waals surface area contributed by atoms with Crippen molar-refractivity contribution in [1.29, 1.82) is 0 Å². The van der Waals surface area contributed by atoms with Crippen LogP contribution in [0.5, 0.6) is 0 Å². The highest BCUT2D eigenvalue weighted by Crippen LogP contribution is 2.35. The van der Waals surface area contributed by atoms with Crippen molar-refractivity contribution in [1.82, 2.24) is 10.2 Å². The lowest BCUT2D eigenvalue weighted by Crippen LogP contribution is -2.51. The molecule has 0 radical (unpaired) electrons. The summed E-state index contributed by atoms with van der Waals surface area (Å²) in [4.78, 5) is 26.7. The van der Waals surface area contributed by atoms with Gasteiger partial charge in [0.2, 0.25) is 11.8 Å². The molecule has 3 rings (SSSR count). The number of carbonyl (C=O) groups excluding carboxylic acids is 2. The molecule has 6 nitrogen and oxygen atoms in total. The lowest BCUT2D eigenvalue weighted by atomic mass is 10.2. The minimum atomic E-state index is -3.06. The third-order valence-corrected chi connectivity index (χ3v) is 7.60. The number of carbonyl (C=O) groups is 2. The van der Waals surface area contributed by atoms with Gasteiger partial charge in [0.1, 0.15) is 6.04 Å². The van der Waals surface area contributed by atoms with Crippen LogP contribution in [0.1, 0.15) is 11.8 Å². The van der Waals surface area contributed by atoms with E-state index in [2.05, 4.69) is 5.32 Å². The molecule has 2 amide bonds. The van der Waals surface area contributed by atoms with E-state index in [1.54, 1.807) is 13.0 Å². The topological polar surface area (TPSA) is 83.6 Å². The van der Waals surface area contributed by atoms with Crippen molar-refractivity contribution in [3.8, 4) is 0 Å². The fourth-order valence-electron chi connectivity index (χ4n) is 2.82. The zero-order chi connectivity index (χ0) is 19.6. The number of sulfone groups is 1. The first-order valence-electron chi connectivity index (χ1n) is 8.41. The molecule has 1 aliphatic heterocycles. The molecule has 0 spiro atoms. The van der Waals surface area contributed by atoms with Gasteiger partial charge < -0.3 is 10.2 Å². The first-order valence-corrected chi connectivity index (χ1v) is 11.4. The largest absolute Gasteiger partial charge is 0.341 e. The molecule has 2 heterocycles. The van der Waals surface area contributed by atoms with Crippen LogP contribution in [-0.4, -0.2) is 55.8 Å². The van der Waals surface area contributed by atoms with Crippen molar-refractivity contribution >= 4 is 60.8 Å². The average molecular weight is 427 g/mol. The van der Waals surface area contributed by atoms with Gasteiger partial charge in [-0.25, -0.2) is 8.42 Å². The average Bonchev–Trinajstić information content (AvgIpc) is 2.95. The highest BCUT2D eigenvalue weighted by atomic mass is 35.5. The Balaban J connectivity index is 1.60. The Bertz CT molecular complexity index is 1000. The van der Waals surface area contributed by atoms with Crippen molar-refractivity contribution in [2.24, 2.45) is 0 Å². The molecule has 1 aromatic carbocycles. The van der Waals surface area contributed by atoms with Crippen LogP contribution in [0.4, 0.5) is 0 Å². The van der Waals surface area contributed by atoms with Crippen LogP contribution in [0.15, 0.2) is 30.3 Å². The summed E-state index contributed by atoms with van der Waals surface area (Å²) in [7, 11) is -3.06. The van der Waals surface area contributed by atoms with E-state index in [1.807, 2.05) is 24.3 Å². The molecule has 1 atom stereocenters. The van der Waals surface area contributed by atoms with E-state index in [9.17, 15) is 18.0 Å². The van der Waals surface area contributed by atoms with E-state index in [0.717, 1.165) is 15.0 Å². The molecule has 144 valence electrons. The zero-order valence-electron chi connectivity index (χ0n) is 14.6. The Hall–Kier alpha value is -1.90. The van der Waals surface area contributed by atoms with Crippen LogP contribution in [-0.2, 0) is 19.4 Å². The lowest BCUT2D eigenvalue weighted by molar-refractivity contribution is -0.134. The summed E-state index contributed by atoms with van der Waals surface area (Å²) in [5.74, 6) is -0.770. The highest BCUT2D eigenvalue weighted by molar-refractivity contribution is 7.91. The Morgan fingerprint density at radius 2 is 1.93 bits per heavy atom. The lowest BCUT2D eigenvalue weighted by Gasteiger charge is -2.29. The molecular weight excluding hydrogens is 408 g/mol. The fourth-order valence-corrected chi connectivity index (χ4v) is 5.42. The van der Waals surface area contributed by atoms with Gasteiger partial charge in [0.25, 0.3) is 0 Å². The van der Waals surface area contributed by atoms with Crippen LogP contribution in [0, 0.1) is 0 Å². The van der Waals surface area contributed by atoms with Gasteiger partial charge in [0.05, 0.1) is 16.5 Å². The first kappa shape index (κ1) is 19.9. The van der Waals surface area contributed by atoms with E-state index in [0.29, 0.717) is 5.02 Å². The number of thiophene rings is 1. The molecule has 9 heteroatoms. The molecule has 1 saturated heterocycles. The van der Waals surface area contributed by atoms with Crippen LogP contribution < -0.4 is 5.32 Å². The summed E-state index contributed by atoms with van der Waals surface area (Å²) in [5.41, 5.74) is 0. The summed E-state index contributed by atoms with van der Waals surface area (Å²) < 4.78 is 23.9. The number of nitrogens with zero attached hydrogens (tertiary/aromatic N) is 1. The number of amides is 2. The van der Waals surface area contributed by atoms with Gasteiger partial charge in [0, 0.05) is 34.1 Å². The van der Waals surface area contributed by atoms with E-state index >= 15 is 0 Å². The summed E-state index contributed by atoms with van der Waals surface area (Å²) in [6.45, 7) is 1.91. The van der Waals surface area contributed by atoms with Gasteiger partial charge in [-0.05, 0) is 19.1 Å². The maximum atomic E-state index is 12.4. The van der Waals surface area contributed by atoms with E-state index < -0.39 is 21.8 Å². The quantitative estimate of drug-likeness (QED) is 0.760. The van der Waals surface area contributed by atoms with Gasteiger partial charge in [-0.15, -0.1) is 11.3 Å². The van der Waals surface area contributed by atoms with Crippen molar-refractivity contribution in [3.63, 3.8) is 0 Å². The first-order chi connectivity index (χ1) is 12.8. The predicted octanol–water partition coefficient (Wildman–Crippen LogP) is 2.33. The minimum Gasteiger partial charge on any atom is -0.341 e. The molecular formula is C18H19ClN2O4S2. The second kappa shape index (κ2) is 8.00. The third kappa shape index (κ3) is 4.69. The van der Waals surface area contributed by atoms with Gasteiger partial charge in [-0.2, -0.15) is 0 Å². The second-order valence-corrected chi connectivity index (χ2v) is 10.1. The number of halogens is 1. The maximum absolute atomic E-state index is 12.4. The second-order valence-electron chi connectivity index (χ2n) is 6.32. The smallest absolute Gasteiger partial charge is 0.244 e. The normalized spacial score (nSPS) is 17.9. The van der Waals surface area contributed by atoms with Crippen molar-refractivity contribution < 1.29 is 18.0 Å². The molecule has 1 aliphatic rings. The van der Waals surface area contributed by atoms with Crippen molar-refractivity contribution in [3.05, 3.63) is 40.2 Å². The number of hydrogen-bond acceptors (Lipinski definition) is 5.